The molecule has 0 fully saturated rings. The van der Waals surface area contributed by atoms with Crippen LogP contribution < -0.4 is 10.6 Å². The van der Waals surface area contributed by atoms with Gasteiger partial charge in [0.15, 0.2) is 23.3 Å². The van der Waals surface area contributed by atoms with Gasteiger partial charge >= 0.3 is 0 Å². The molecule has 0 aromatic heterocycles. The Morgan fingerprint density at radius 3 is 1.91 bits per heavy atom. The second-order valence-electron chi connectivity index (χ2n) is 6.69. The van der Waals surface area contributed by atoms with Crippen LogP contribution in [0.1, 0.15) is 18.3 Å². The summed E-state index contributed by atoms with van der Waals surface area (Å²) in [7, 11) is -4.89. The maximum atomic E-state index is 14.7. The van der Waals surface area contributed by atoms with Gasteiger partial charge in [-0.05, 0) is 24.6 Å². The first kappa shape index (κ1) is 24.3. The zero-order chi connectivity index (χ0) is 24.3. The van der Waals surface area contributed by atoms with Crippen molar-refractivity contribution >= 4 is 24.0 Å². The van der Waals surface area contributed by atoms with E-state index in [0.29, 0.717) is 0 Å². The number of nitro benzene ring substituents is 1. The molecule has 6 nitrogen and oxygen atoms in total. The van der Waals surface area contributed by atoms with Gasteiger partial charge in [-0.25, -0.2) is 22.0 Å². The molecule has 0 aliphatic carbocycles. The SMILES string of the molecule is CCOP(=O)(c1c(F)c(F)c(F)c(F)c1F)C(Nc1ccc([N+](=O)[O-])cc1)c1ccccc1. The number of non-ortho nitro benzene ring substituents is 1. The Morgan fingerprint density at radius 2 is 1.42 bits per heavy atom. The fraction of sp³-hybridized carbons (Fsp3) is 0.143. The Labute approximate surface area is 184 Å². The molecule has 33 heavy (non-hydrogen) atoms. The van der Waals surface area contributed by atoms with E-state index in [1.807, 2.05) is 0 Å². The number of nitrogens with one attached hydrogen (secondary N) is 1. The fourth-order valence-corrected chi connectivity index (χ4v) is 5.71. The lowest BCUT2D eigenvalue weighted by molar-refractivity contribution is -0.384. The normalized spacial score (nSPS) is 13.9. The lowest BCUT2D eigenvalue weighted by Crippen LogP contribution is -2.28. The molecule has 0 bridgehead atoms. The van der Waals surface area contributed by atoms with E-state index in [-0.39, 0.29) is 23.5 Å². The van der Waals surface area contributed by atoms with Gasteiger partial charge in [0.2, 0.25) is 5.82 Å². The minimum Gasteiger partial charge on any atom is -0.370 e. The van der Waals surface area contributed by atoms with Crippen molar-refractivity contribution in [1.29, 1.82) is 0 Å². The van der Waals surface area contributed by atoms with Crippen molar-refractivity contribution in [2.75, 3.05) is 11.9 Å². The summed E-state index contributed by atoms with van der Waals surface area (Å²) in [6.07, 6.45) is 0. The molecule has 0 radical (unpaired) electrons. The van der Waals surface area contributed by atoms with Gasteiger partial charge in [0.1, 0.15) is 11.1 Å². The van der Waals surface area contributed by atoms with Gasteiger partial charge in [0.25, 0.3) is 13.1 Å². The Hall–Kier alpha value is -3.30. The van der Waals surface area contributed by atoms with Crippen LogP contribution >= 0.6 is 7.37 Å². The first-order valence-electron chi connectivity index (χ1n) is 9.44. The Balaban J connectivity index is 2.24. The molecule has 3 aromatic carbocycles. The molecule has 3 rings (SSSR count). The van der Waals surface area contributed by atoms with Crippen LogP contribution in [0.4, 0.5) is 33.3 Å². The molecule has 0 amide bonds. The van der Waals surface area contributed by atoms with Gasteiger partial charge in [0.05, 0.1) is 11.5 Å². The number of hydrogen-bond acceptors (Lipinski definition) is 5. The third-order valence-electron chi connectivity index (χ3n) is 4.66. The molecular formula is C21H16F5N2O4P. The predicted octanol–water partition coefficient (Wildman–Crippen LogP) is 6.04. The monoisotopic (exact) mass is 486 g/mol. The van der Waals surface area contributed by atoms with E-state index < -0.39 is 52.5 Å². The van der Waals surface area contributed by atoms with Crippen LogP contribution in [-0.4, -0.2) is 11.5 Å². The summed E-state index contributed by atoms with van der Waals surface area (Å²) >= 11 is 0. The lowest BCUT2D eigenvalue weighted by atomic mass is 10.2. The molecular weight excluding hydrogens is 470 g/mol. The molecule has 0 aliphatic heterocycles. The third-order valence-corrected chi connectivity index (χ3v) is 7.42. The summed E-state index contributed by atoms with van der Waals surface area (Å²) in [5.41, 5.74) is 0.0133. The number of nitro groups is 1. The van der Waals surface area contributed by atoms with Crippen molar-refractivity contribution in [2.24, 2.45) is 0 Å². The van der Waals surface area contributed by atoms with Crippen LogP contribution in [-0.2, 0) is 9.09 Å². The van der Waals surface area contributed by atoms with Crippen LogP contribution in [0.2, 0.25) is 0 Å². The third kappa shape index (κ3) is 4.60. The van der Waals surface area contributed by atoms with Crippen molar-refractivity contribution in [3.63, 3.8) is 0 Å². The second kappa shape index (κ2) is 9.68. The number of rotatable bonds is 8. The summed E-state index contributed by atoms with van der Waals surface area (Å²) in [5.74, 6) is -13.1. The fourth-order valence-electron chi connectivity index (χ4n) is 3.16. The van der Waals surface area contributed by atoms with Crippen LogP contribution in [0, 0.1) is 39.2 Å². The van der Waals surface area contributed by atoms with Crippen LogP contribution in [0.5, 0.6) is 0 Å². The molecule has 0 spiro atoms. The van der Waals surface area contributed by atoms with Gasteiger partial charge in [0, 0.05) is 17.8 Å². The summed E-state index contributed by atoms with van der Waals surface area (Å²) < 4.78 is 90.2. The largest absolute Gasteiger partial charge is 0.370 e. The summed E-state index contributed by atoms with van der Waals surface area (Å²) in [6.45, 7) is 0.953. The van der Waals surface area contributed by atoms with E-state index in [4.69, 9.17) is 4.52 Å². The zero-order valence-electron chi connectivity index (χ0n) is 16.9. The van der Waals surface area contributed by atoms with Crippen molar-refractivity contribution in [3.8, 4) is 0 Å². The van der Waals surface area contributed by atoms with E-state index in [0.717, 1.165) is 12.1 Å². The van der Waals surface area contributed by atoms with Gasteiger partial charge in [-0.3, -0.25) is 14.7 Å². The lowest BCUT2D eigenvalue weighted by Gasteiger charge is -2.30. The Morgan fingerprint density at radius 1 is 0.909 bits per heavy atom. The molecule has 1 N–H and O–H groups in total. The summed E-state index contributed by atoms with van der Waals surface area (Å²) in [4.78, 5) is 10.2. The van der Waals surface area contributed by atoms with Gasteiger partial charge < -0.3 is 9.84 Å². The molecule has 0 saturated carbocycles. The molecule has 2 atom stereocenters. The highest BCUT2D eigenvalue weighted by molar-refractivity contribution is 7.67. The molecule has 0 aliphatic rings. The first-order chi connectivity index (χ1) is 15.6. The van der Waals surface area contributed by atoms with Gasteiger partial charge in [-0.2, -0.15) is 0 Å². The number of nitrogens with zero attached hydrogens (tertiary/aromatic N) is 1. The van der Waals surface area contributed by atoms with Crippen molar-refractivity contribution in [2.45, 2.75) is 12.7 Å². The van der Waals surface area contributed by atoms with Gasteiger partial charge in [-0.15, -0.1) is 0 Å². The number of benzene rings is 3. The zero-order valence-corrected chi connectivity index (χ0v) is 17.8. The van der Waals surface area contributed by atoms with E-state index in [1.54, 1.807) is 6.07 Å². The van der Waals surface area contributed by atoms with Crippen molar-refractivity contribution in [3.05, 3.63) is 99.4 Å². The Kier molecular flexibility index (Phi) is 7.14. The molecule has 12 heteroatoms. The van der Waals surface area contributed by atoms with Crippen LogP contribution in [0.25, 0.3) is 0 Å². The average molecular weight is 486 g/mol. The second-order valence-corrected chi connectivity index (χ2v) is 9.11. The summed E-state index contributed by atoms with van der Waals surface area (Å²) in [6, 6.07) is 12.2. The predicted molar refractivity (Wildman–Crippen MR) is 111 cm³/mol. The maximum absolute atomic E-state index is 14.7. The van der Waals surface area contributed by atoms with Crippen molar-refractivity contribution < 1.29 is 36.0 Å². The van der Waals surface area contributed by atoms with E-state index in [1.165, 1.54) is 43.3 Å². The number of hydrogen-bond donors (Lipinski definition) is 1. The molecule has 0 saturated heterocycles. The smallest absolute Gasteiger partial charge is 0.269 e. The minimum absolute atomic E-state index is 0.123. The quantitative estimate of drug-likeness (QED) is 0.105. The highest BCUT2D eigenvalue weighted by Gasteiger charge is 2.45. The number of anilines is 1. The summed E-state index contributed by atoms with van der Waals surface area (Å²) in [5, 5.41) is 12.0. The molecule has 3 aromatic rings. The topological polar surface area (TPSA) is 81.5 Å². The van der Waals surface area contributed by atoms with E-state index in [9.17, 15) is 36.6 Å². The van der Waals surface area contributed by atoms with Crippen LogP contribution in [0.3, 0.4) is 0 Å². The highest BCUT2D eigenvalue weighted by Crippen LogP contribution is 2.60. The average Bonchev–Trinajstić information content (AvgIpc) is 2.81. The van der Waals surface area contributed by atoms with Crippen LogP contribution in [0.15, 0.2) is 54.6 Å². The van der Waals surface area contributed by atoms with E-state index in [2.05, 4.69) is 5.32 Å². The minimum atomic E-state index is -4.89. The molecule has 2 unspecified atom stereocenters. The highest BCUT2D eigenvalue weighted by atomic mass is 31.2. The van der Waals surface area contributed by atoms with E-state index >= 15 is 0 Å². The van der Waals surface area contributed by atoms with Crippen molar-refractivity contribution in [1.82, 2.24) is 0 Å². The standard InChI is InChI=1S/C21H16F5N2O4P/c1-2-32-33(31,20-18(25)16(23)15(22)17(24)19(20)26)21(12-6-4-3-5-7-12)27-13-8-10-14(11-9-13)28(29)30/h3-11,21,27H,2H2,1H3. The maximum Gasteiger partial charge on any atom is 0.269 e. The number of halogens is 5. The van der Waals surface area contributed by atoms with Gasteiger partial charge in [-0.1, -0.05) is 30.3 Å². The Bertz CT molecular complexity index is 1200. The molecule has 174 valence electrons. The molecule has 0 heterocycles. The first-order valence-corrected chi connectivity index (χ1v) is 11.1.